The second-order valence-electron chi connectivity index (χ2n) is 5.06. The van der Waals surface area contributed by atoms with Crippen molar-refractivity contribution in [2.24, 2.45) is 0 Å². The Kier molecular flexibility index (Phi) is 3.91. The zero-order valence-corrected chi connectivity index (χ0v) is 12.8. The number of oxazole rings is 1. The minimum Gasteiger partial charge on any atom is -0.422 e. The average molecular weight is 341 g/mol. The van der Waals surface area contributed by atoms with Crippen LogP contribution in [0.25, 0.3) is 11.2 Å². The molecule has 1 aliphatic heterocycles. The van der Waals surface area contributed by atoms with Crippen LogP contribution in [0.2, 0.25) is 0 Å². The summed E-state index contributed by atoms with van der Waals surface area (Å²) in [6.45, 7) is 4.63. The van der Waals surface area contributed by atoms with E-state index in [0.717, 1.165) is 24.2 Å². The number of nitrogens with zero attached hydrogens (tertiary/aromatic N) is 3. The van der Waals surface area contributed by atoms with Crippen LogP contribution in [-0.2, 0) is 0 Å². The number of pyridine rings is 1. The fraction of sp³-hybridized carbons (Fsp3) is 0.538. The lowest BCUT2D eigenvalue weighted by molar-refractivity contribution is 0.0667. The summed E-state index contributed by atoms with van der Waals surface area (Å²) >= 11 is 3.31. The second kappa shape index (κ2) is 5.67. The number of aliphatic hydroxyl groups is 1. The summed E-state index contributed by atoms with van der Waals surface area (Å²) < 4.78 is 6.36. The van der Waals surface area contributed by atoms with E-state index in [4.69, 9.17) is 4.42 Å². The summed E-state index contributed by atoms with van der Waals surface area (Å²) in [5, 5.41) is 13.1. The van der Waals surface area contributed by atoms with Crippen LogP contribution in [0.5, 0.6) is 0 Å². The number of aromatic nitrogens is 2. The molecule has 20 heavy (non-hydrogen) atoms. The minimum absolute atomic E-state index is 0.134. The van der Waals surface area contributed by atoms with E-state index in [1.54, 1.807) is 0 Å². The number of anilines is 1. The number of β-amino-alcohol motifs (C(OH)–C–C–N with tert-alkyl or cyclic N) is 1. The fourth-order valence-corrected chi connectivity index (χ4v) is 2.86. The van der Waals surface area contributed by atoms with E-state index in [1.165, 1.54) is 0 Å². The van der Waals surface area contributed by atoms with E-state index < -0.39 is 0 Å². The molecule has 0 spiro atoms. The van der Waals surface area contributed by atoms with E-state index >= 15 is 0 Å². The molecule has 2 aromatic heterocycles. The first-order valence-corrected chi connectivity index (χ1v) is 7.53. The number of hydrogen-bond acceptors (Lipinski definition) is 6. The summed E-state index contributed by atoms with van der Waals surface area (Å²) in [5.74, 6) is 0. The zero-order valence-electron chi connectivity index (χ0n) is 11.2. The fourth-order valence-electron chi connectivity index (χ4n) is 2.56. The van der Waals surface area contributed by atoms with Crippen molar-refractivity contribution < 1.29 is 9.52 Å². The lowest BCUT2D eigenvalue weighted by atomic mass is 10.0. The second-order valence-corrected chi connectivity index (χ2v) is 5.87. The molecule has 2 atom stereocenters. The van der Waals surface area contributed by atoms with Crippen LogP contribution in [0.1, 0.15) is 13.3 Å². The van der Waals surface area contributed by atoms with Crippen molar-refractivity contribution in [3.63, 3.8) is 0 Å². The number of nitrogens with one attached hydrogen (secondary N) is 1. The van der Waals surface area contributed by atoms with Gasteiger partial charge in [-0.05, 0) is 41.0 Å². The number of rotatable bonds is 3. The zero-order chi connectivity index (χ0) is 14.1. The van der Waals surface area contributed by atoms with Gasteiger partial charge in [-0.2, -0.15) is 4.98 Å². The van der Waals surface area contributed by atoms with Crippen LogP contribution < -0.4 is 5.32 Å². The summed E-state index contributed by atoms with van der Waals surface area (Å²) in [6, 6.07) is 4.25. The van der Waals surface area contributed by atoms with Crippen molar-refractivity contribution in [1.29, 1.82) is 0 Å². The number of piperidine rings is 1. The number of likely N-dealkylation sites (N-methyl/N-ethyl adjacent to an activating group) is 1. The number of fused-ring (bicyclic) bond motifs is 1. The van der Waals surface area contributed by atoms with Gasteiger partial charge in [0.05, 0.1) is 6.10 Å². The van der Waals surface area contributed by atoms with E-state index in [0.29, 0.717) is 23.7 Å². The Balaban J connectivity index is 1.75. The van der Waals surface area contributed by atoms with Gasteiger partial charge < -0.3 is 14.8 Å². The van der Waals surface area contributed by atoms with Crippen LogP contribution in [0.4, 0.5) is 6.01 Å². The highest BCUT2D eigenvalue weighted by atomic mass is 79.9. The van der Waals surface area contributed by atoms with Gasteiger partial charge in [0.25, 0.3) is 6.01 Å². The molecule has 1 saturated heterocycles. The van der Waals surface area contributed by atoms with Crippen molar-refractivity contribution in [2.45, 2.75) is 25.5 Å². The molecule has 0 saturated carbocycles. The highest BCUT2D eigenvalue weighted by Gasteiger charge is 2.26. The van der Waals surface area contributed by atoms with Crippen molar-refractivity contribution in [1.82, 2.24) is 14.9 Å². The molecule has 2 aromatic rings. The molecule has 0 unspecified atom stereocenters. The Labute approximate surface area is 125 Å². The normalized spacial score (nSPS) is 24.1. The molecule has 3 rings (SSSR count). The third-order valence-corrected chi connectivity index (χ3v) is 3.94. The monoisotopic (exact) mass is 340 g/mol. The quantitative estimate of drug-likeness (QED) is 0.830. The standard InChI is InChI=1S/C13H17BrN4O2/c1-2-18-6-8(5-9(19)7-18)15-13-17-12-10(20-13)3-4-11(14)16-12/h3-4,8-9,19H,2,5-7H2,1H3,(H,15,16,17)/t8-,9+/m1/s1. The SMILES string of the molecule is CCN1C[C@@H](O)C[C@@H](Nc2nc3nc(Br)ccc3o2)C1. The Bertz CT molecular complexity index is 603. The predicted octanol–water partition coefficient (Wildman–Crippen LogP) is 1.85. The summed E-state index contributed by atoms with van der Waals surface area (Å²) in [6.07, 6.45) is 0.393. The maximum atomic E-state index is 9.88. The molecular weight excluding hydrogens is 324 g/mol. The lowest BCUT2D eigenvalue weighted by Gasteiger charge is -2.34. The first-order chi connectivity index (χ1) is 9.64. The van der Waals surface area contributed by atoms with Gasteiger partial charge in [-0.15, -0.1) is 0 Å². The summed E-state index contributed by atoms with van der Waals surface area (Å²) in [5.41, 5.74) is 1.23. The Morgan fingerprint density at radius 1 is 1.45 bits per heavy atom. The minimum atomic E-state index is -0.308. The number of likely N-dealkylation sites (tertiary alicyclic amines) is 1. The van der Waals surface area contributed by atoms with Crippen LogP contribution in [0, 0.1) is 0 Å². The molecule has 0 radical (unpaired) electrons. The van der Waals surface area contributed by atoms with E-state index in [2.05, 4.69) is 43.0 Å². The maximum absolute atomic E-state index is 9.88. The molecule has 108 valence electrons. The van der Waals surface area contributed by atoms with E-state index in [9.17, 15) is 5.11 Å². The highest BCUT2D eigenvalue weighted by Crippen LogP contribution is 2.21. The number of hydrogen-bond donors (Lipinski definition) is 2. The van der Waals surface area contributed by atoms with Gasteiger partial charge in [0.1, 0.15) is 4.60 Å². The van der Waals surface area contributed by atoms with Crippen LogP contribution in [-0.4, -0.2) is 51.8 Å². The average Bonchev–Trinajstić information content (AvgIpc) is 2.79. The van der Waals surface area contributed by atoms with Crippen molar-refractivity contribution >= 4 is 33.2 Å². The molecule has 6 nitrogen and oxygen atoms in total. The van der Waals surface area contributed by atoms with Gasteiger partial charge in [-0.1, -0.05) is 6.92 Å². The highest BCUT2D eigenvalue weighted by molar-refractivity contribution is 9.10. The van der Waals surface area contributed by atoms with Crippen LogP contribution in [0.3, 0.4) is 0 Å². The molecular formula is C13H17BrN4O2. The van der Waals surface area contributed by atoms with Crippen molar-refractivity contribution in [2.75, 3.05) is 25.0 Å². The molecule has 0 aliphatic carbocycles. The third-order valence-electron chi connectivity index (χ3n) is 3.50. The number of halogens is 1. The smallest absolute Gasteiger partial charge is 0.297 e. The predicted molar refractivity (Wildman–Crippen MR) is 79.7 cm³/mol. The van der Waals surface area contributed by atoms with Crippen LogP contribution >= 0.6 is 15.9 Å². The van der Waals surface area contributed by atoms with Crippen molar-refractivity contribution in [3.05, 3.63) is 16.7 Å². The first kappa shape index (κ1) is 13.8. The molecule has 0 amide bonds. The first-order valence-electron chi connectivity index (χ1n) is 6.74. The molecule has 3 heterocycles. The van der Waals surface area contributed by atoms with Gasteiger partial charge in [0.15, 0.2) is 5.58 Å². The Hall–Kier alpha value is -1.18. The molecule has 0 bridgehead atoms. The Morgan fingerprint density at radius 2 is 2.30 bits per heavy atom. The van der Waals surface area contributed by atoms with Gasteiger partial charge >= 0.3 is 0 Å². The topological polar surface area (TPSA) is 74.4 Å². The van der Waals surface area contributed by atoms with E-state index in [1.807, 2.05) is 12.1 Å². The molecule has 1 fully saturated rings. The third kappa shape index (κ3) is 2.94. The lowest BCUT2D eigenvalue weighted by Crippen LogP contribution is -2.48. The number of aliphatic hydroxyl groups excluding tert-OH is 1. The summed E-state index contributed by atoms with van der Waals surface area (Å²) in [7, 11) is 0. The van der Waals surface area contributed by atoms with Crippen LogP contribution in [0.15, 0.2) is 21.2 Å². The van der Waals surface area contributed by atoms with E-state index in [-0.39, 0.29) is 12.1 Å². The van der Waals surface area contributed by atoms with Crippen molar-refractivity contribution in [3.8, 4) is 0 Å². The van der Waals surface area contributed by atoms with Gasteiger partial charge in [0, 0.05) is 19.1 Å². The van der Waals surface area contributed by atoms with Gasteiger partial charge in [-0.25, -0.2) is 4.98 Å². The molecule has 0 aromatic carbocycles. The molecule has 7 heteroatoms. The Morgan fingerprint density at radius 3 is 3.10 bits per heavy atom. The largest absolute Gasteiger partial charge is 0.422 e. The molecule has 1 aliphatic rings. The van der Waals surface area contributed by atoms with Gasteiger partial charge in [-0.3, -0.25) is 4.90 Å². The maximum Gasteiger partial charge on any atom is 0.297 e. The molecule has 2 N–H and O–H groups in total. The summed E-state index contributed by atoms with van der Waals surface area (Å²) in [4.78, 5) is 10.8. The van der Waals surface area contributed by atoms with Gasteiger partial charge in [0.2, 0.25) is 5.65 Å².